The fraction of sp³-hybridized carbons (Fsp3) is 0.333. The first kappa shape index (κ1) is 16.9. The number of hydrogen-bond acceptors (Lipinski definition) is 4. The molecule has 104 valence electrons. The fourth-order valence-corrected chi connectivity index (χ4v) is 1.12. The number of benzene rings is 1. The molecule has 0 aliphatic rings. The third kappa shape index (κ3) is 10.8. The summed E-state index contributed by atoms with van der Waals surface area (Å²) in [5, 5.41) is 0. The van der Waals surface area contributed by atoms with Crippen molar-refractivity contribution in [2.45, 2.75) is 20.8 Å². The molecule has 0 amide bonds. The highest BCUT2D eigenvalue weighted by Crippen LogP contribution is 2.00. The largest absolute Gasteiger partial charge is 0.466 e. The number of carbonyl (C=O) groups is 2. The average molecular weight is 264 g/mol. The van der Waals surface area contributed by atoms with Crippen molar-refractivity contribution in [2.24, 2.45) is 0 Å². The minimum atomic E-state index is -0.300. The first-order valence-corrected chi connectivity index (χ1v) is 6.13. The fourth-order valence-electron chi connectivity index (χ4n) is 1.12. The van der Waals surface area contributed by atoms with Gasteiger partial charge in [-0.2, -0.15) is 0 Å². The van der Waals surface area contributed by atoms with Crippen molar-refractivity contribution in [3.8, 4) is 0 Å². The van der Waals surface area contributed by atoms with Gasteiger partial charge in [0.2, 0.25) is 0 Å². The summed E-state index contributed by atoms with van der Waals surface area (Å²) in [5.74, 6) is -0.510. The number of esters is 2. The second-order valence-electron chi connectivity index (χ2n) is 3.42. The van der Waals surface area contributed by atoms with E-state index in [-0.39, 0.29) is 11.9 Å². The Labute approximate surface area is 114 Å². The van der Waals surface area contributed by atoms with E-state index >= 15 is 0 Å². The van der Waals surface area contributed by atoms with E-state index in [4.69, 9.17) is 4.74 Å². The van der Waals surface area contributed by atoms with Crippen LogP contribution in [0.5, 0.6) is 0 Å². The Morgan fingerprint density at radius 1 is 1.05 bits per heavy atom. The molecule has 0 N–H and O–H groups in total. The van der Waals surface area contributed by atoms with Crippen molar-refractivity contribution >= 4 is 18.0 Å². The van der Waals surface area contributed by atoms with E-state index in [1.54, 1.807) is 19.9 Å². The molecule has 1 aromatic carbocycles. The Bertz CT molecular complexity index is 396. The molecule has 0 atom stereocenters. The van der Waals surface area contributed by atoms with Gasteiger partial charge in [0.15, 0.2) is 0 Å². The standard InChI is InChI=1S/C11H12O2.C4H8O2/c1-2-13-11(12)9-8-10-6-4-3-5-7-10;1-3-6-4(2)5/h3-9H,2H2,1H3;3H2,1-2H3/b9-8+;. The Morgan fingerprint density at radius 2 is 1.63 bits per heavy atom. The van der Waals surface area contributed by atoms with E-state index in [1.807, 2.05) is 30.3 Å². The molecule has 19 heavy (non-hydrogen) atoms. The molecule has 0 aromatic heterocycles. The molecule has 0 saturated heterocycles. The first-order chi connectivity index (χ1) is 9.10. The van der Waals surface area contributed by atoms with Crippen LogP contribution in [0.1, 0.15) is 26.3 Å². The number of hydrogen-bond donors (Lipinski definition) is 0. The molecule has 4 heteroatoms. The van der Waals surface area contributed by atoms with Crippen LogP contribution in [0.4, 0.5) is 0 Å². The lowest BCUT2D eigenvalue weighted by molar-refractivity contribution is -0.140. The minimum Gasteiger partial charge on any atom is -0.466 e. The van der Waals surface area contributed by atoms with Crippen LogP contribution < -0.4 is 0 Å². The van der Waals surface area contributed by atoms with Crippen LogP contribution in [-0.2, 0) is 19.1 Å². The van der Waals surface area contributed by atoms with E-state index in [2.05, 4.69) is 4.74 Å². The lowest BCUT2D eigenvalue weighted by Gasteiger charge is -1.94. The quantitative estimate of drug-likeness (QED) is 0.620. The predicted molar refractivity (Wildman–Crippen MR) is 74.4 cm³/mol. The summed E-state index contributed by atoms with van der Waals surface area (Å²) in [6, 6.07) is 9.63. The zero-order valence-corrected chi connectivity index (χ0v) is 11.6. The van der Waals surface area contributed by atoms with Crippen LogP contribution in [0, 0.1) is 0 Å². The van der Waals surface area contributed by atoms with Crippen molar-refractivity contribution in [2.75, 3.05) is 13.2 Å². The summed E-state index contributed by atoms with van der Waals surface area (Å²) in [5.41, 5.74) is 0.996. The van der Waals surface area contributed by atoms with Gasteiger partial charge in [-0.15, -0.1) is 0 Å². The predicted octanol–water partition coefficient (Wildman–Crippen LogP) is 2.83. The SMILES string of the molecule is CCOC(=O)/C=C/c1ccccc1.CCOC(C)=O. The molecule has 0 spiro atoms. The monoisotopic (exact) mass is 264 g/mol. The second-order valence-corrected chi connectivity index (χ2v) is 3.42. The molecular formula is C15H20O4. The second kappa shape index (κ2) is 11.0. The van der Waals surface area contributed by atoms with Gasteiger partial charge in [-0.3, -0.25) is 4.79 Å². The van der Waals surface area contributed by atoms with Crippen LogP contribution in [0.3, 0.4) is 0 Å². The molecular weight excluding hydrogens is 244 g/mol. The summed E-state index contributed by atoms with van der Waals surface area (Å²) in [7, 11) is 0. The van der Waals surface area contributed by atoms with Crippen molar-refractivity contribution in [1.82, 2.24) is 0 Å². The minimum absolute atomic E-state index is 0.211. The van der Waals surface area contributed by atoms with Crippen LogP contribution >= 0.6 is 0 Å². The van der Waals surface area contributed by atoms with Gasteiger partial charge in [-0.1, -0.05) is 30.3 Å². The zero-order valence-electron chi connectivity index (χ0n) is 11.6. The molecule has 0 aliphatic heterocycles. The van der Waals surface area contributed by atoms with E-state index < -0.39 is 0 Å². The molecule has 1 aromatic rings. The normalized spacial score (nSPS) is 9.42. The van der Waals surface area contributed by atoms with Crippen LogP contribution in [0.25, 0.3) is 6.08 Å². The highest BCUT2D eigenvalue weighted by atomic mass is 16.5. The van der Waals surface area contributed by atoms with Gasteiger partial charge in [0.25, 0.3) is 0 Å². The number of ether oxygens (including phenoxy) is 2. The Morgan fingerprint density at radius 3 is 2.05 bits per heavy atom. The lowest BCUT2D eigenvalue weighted by Crippen LogP contribution is -1.98. The first-order valence-electron chi connectivity index (χ1n) is 6.13. The summed E-state index contributed by atoms with van der Waals surface area (Å²) < 4.78 is 9.14. The van der Waals surface area contributed by atoms with E-state index in [1.165, 1.54) is 13.0 Å². The van der Waals surface area contributed by atoms with Crippen LogP contribution in [0.2, 0.25) is 0 Å². The summed E-state index contributed by atoms with van der Waals surface area (Å²) in [6.07, 6.45) is 3.16. The van der Waals surface area contributed by atoms with Gasteiger partial charge in [0.1, 0.15) is 0 Å². The van der Waals surface area contributed by atoms with Gasteiger partial charge in [0, 0.05) is 13.0 Å². The Balaban J connectivity index is 0.000000459. The van der Waals surface area contributed by atoms with E-state index in [0.29, 0.717) is 13.2 Å². The molecule has 0 bridgehead atoms. The van der Waals surface area contributed by atoms with Gasteiger partial charge in [-0.25, -0.2) is 4.79 Å². The zero-order chi connectivity index (χ0) is 14.5. The van der Waals surface area contributed by atoms with Crippen LogP contribution in [-0.4, -0.2) is 25.2 Å². The molecule has 0 fully saturated rings. The maximum Gasteiger partial charge on any atom is 0.330 e. The highest BCUT2D eigenvalue weighted by molar-refractivity contribution is 5.86. The van der Waals surface area contributed by atoms with Gasteiger partial charge in [0.05, 0.1) is 13.2 Å². The van der Waals surface area contributed by atoms with Gasteiger partial charge in [-0.05, 0) is 25.5 Å². The Kier molecular flexibility index (Phi) is 9.80. The highest BCUT2D eigenvalue weighted by Gasteiger charge is 1.92. The molecule has 4 nitrogen and oxygen atoms in total. The Hall–Kier alpha value is -2.10. The van der Waals surface area contributed by atoms with Crippen LogP contribution in [0.15, 0.2) is 36.4 Å². The van der Waals surface area contributed by atoms with Gasteiger partial charge < -0.3 is 9.47 Å². The third-order valence-corrected chi connectivity index (χ3v) is 1.85. The van der Waals surface area contributed by atoms with E-state index in [0.717, 1.165) is 5.56 Å². The molecule has 0 saturated carbocycles. The van der Waals surface area contributed by atoms with Crippen molar-refractivity contribution in [3.63, 3.8) is 0 Å². The summed E-state index contributed by atoms with van der Waals surface area (Å²) in [4.78, 5) is 20.7. The maximum absolute atomic E-state index is 10.9. The molecule has 0 unspecified atom stereocenters. The number of rotatable bonds is 4. The average Bonchev–Trinajstić information content (AvgIpc) is 2.38. The topological polar surface area (TPSA) is 52.6 Å². The molecule has 0 radical (unpaired) electrons. The van der Waals surface area contributed by atoms with Crippen molar-refractivity contribution in [3.05, 3.63) is 42.0 Å². The molecule has 0 aliphatic carbocycles. The van der Waals surface area contributed by atoms with Crippen molar-refractivity contribution in [1.29, 1.82) is 0 Å². The maximum atomic E-state index is 10.9. The summed E-state index contributed by atoms with van der Waals surface area (Å²) in [6.45, 7) is 5.85. The molecule has 1 rings (SSSR count). The van der Waals surface area contributed by atoms with Gasteiger partial charge >= 0.3 is 11.9 Å². The summed E-state index contributed by atoms with van der Waals surface area (Å²) >= 11 is 0. The lowest BCUT2D eigenvalue weighted by atomic mass is 10.2. The number of carbonyl (C=O) groups excluding carboxylic acids is 2. The van der Waals surface area contributed by atoms with E-state index in [9.17, 15) is 9.59 Å². The van der Waals surface area contributed by atoms with Crippen molar-refractivity contribution < 1.29 is 19.1 Å². The molecule has 0 heterocycles. The third-order valence-electron chi connectivity index (χ3n) is 1.85. The smallest absolute Gasteiger partial charge is 0.330 e.